The molecule has 0 N–H and O–H groups in total. The maximum atomic E-state index is 11.8. The average Bonchev–Trinajstić information content (AvgIpc) is 2.29. The largest absolute Gasteiger partial charge is 0.294 e. The molecule has 2 heteroatoms. The first kappa shape index (κ1) is 9.72. The van der Waals surface area contributed by atoms with Crippen molar-refractivity contribution < 1.29 is 4.79 Å². The summed E-state index contributed by atoms with van der Waals surface area (Å²) in [4.78, 5) is 11.8. The summed E-state index contributed by atoms with van der Waals surface area (Å²) in [5.74, 6) is 0.253. The zero-order chi connectivity index (χ0) is 10.1. The van der Waals surface area contributed by atoms with Gasteiger partial charge in [0.2, 0.25) is 0 Å². The molecule has 0 amide bonds. The zero-order valence-electron chi connectivity index (χ0n) is 8.27. The Balaban J connectivity index is 2.58. The van der Waals surface area contributed by atoms with Crippen molar-refractivity contribution in [2.24, 2.45) is 0 Å². The Bertz CT molecular complexity index is 382. The van der Waals surface area contributed by atoms with Gasteiger partial charge in [0.25, 0.3) is 0 Å². The minimum Gasteiger partial charge on any atom is -0.294 e. The molecule has 1 aromatic carbocycles. The van der Waals surface area contributed by atoms with E-state index in [0.29, 0.717) is 11.4 Å². The molecule has 0 aliphatic heterocycles. The van der Waals surface area contributed by atoms with E-state index in [1.165, 1.54) is 5.56 Å². The van der Waals surface area contributed by atoms with E-state index >= 15 is 0 Å². The van der Waals surface area contributed by atoms with Gasteiger partial charge in [-0.05, 0) is 49.4 Å². The van der Waals surface area contributed by atoms with E-state index in [-0.39, 0.29) is 5.78 Å². The highest BCUT2D eigenvalue weighted by Crippen LogP contribution is 2.26. The Labute approximate surface area is 89.1 Å². The second-order valence-corrected chi connectivity index (χ2v) is 4.32. The number of carbonyl (C=O) groups excluding carboxylic acids is 1. The molecule has 0 heterocycles. The third-order valence-electron chi connectivity index (χ3n) is 2.82. The number of carbonyl (C=O) groups is 1. The van der Waals surface area contributed by atoms with Gasteiger partial charge in [0.15, 0.2) is 5.78 Å². The van der Waals surface area contributed by atoms with Crippen LogP contribution in [0.4, 0.5) is 0 Å². The molecule has 0 atom stereocenters. The lowest BCUT2D eigenvalue weighted by Gasteiger charge is -2.08. The van der Waals surface area contributed by atoms with Crippen molar-refractivity contribution in [2.75, 3.05) is 0 Å². The van der Waals surface area contributed by atoms with Gasteiger partial charge in [-0.2, -0.15) is 0 Å². The van der Waals surface area contributed by atoms with Gasteiger partial charge in [0.05, 0.1) is 0 Å². The van der Waals surface area contributed by atoms with E-state index in [0.717, 1.165) is 30.4 Å². The summed E-state index contributed by atoms with van der Waals surface area (Å²) in [7, 11) is 0. The number of rotatable bonds is 0. The van der Waals surface area contributed by atoms with Crippen LogP contribution in [0.2, 0.25) is 5.02 Å². The summed E-state index contributed by atoms with van der Waals surface area (Å²) < 4.78 is 0. The summed E-state index contributed by atoms with van der Waals surface area (Å²) in [5, 5.41) is 0.677. The van der Waals surface area contributed by atoms with E-state index in [9.17, 15) is 4.79 Å². The van der Waals surface area contributed by atoms with E-state index < -0.39 is 0 Å². The second kappa shape index (κ2) is 3.74. The van der Waals surface area contributed by atoms with Crippen LogP contribution >= 0.6 is 11.6 Å². The van der Waals surface area contributed by atoms with Gasteiger partial charge in [-0.3, -0.25) is 4.79 Å². The van der Waals surface area contributed by atoms with Crippen molar-refractivity contribution in [3.05, 3.63) is 33.8 Å². The molecule has 1 aliphatic carbocycles. The second-order valence-electron chi connectivity index (χ2n) is 3.88. The van der Waals surface area contributed by atoms with Crippen molar-refractivity contribution in [1.29, 1.82) is 0 Å². The van der Waals surface area contributed by atoms with E-state index in [2.05, 4.69) is 0 Å². The number of aryl methyl sites for hydroxylation is 1. The molecule has 1 aromatic rings. The summed E-state index contributed by atoms with van der Waals surface area (Å²) >= 11 is 5.95. The van der Waals surface area contributed by atoms with Gasteiger partial charge in [-0.1, -0.05) is 11.6 Å². The fourth-order valence-corrected chi connectivity index (χ4v) is 2.35. The maximum absolute atomic E-state index is 11.8. The Morgan fingerprint density at radius 2 is 1.93 bits per heavy atom. The third-order valence-corrected chi connectivity index (χ3v) is 3.04. The van der Waals surface area contributed by atoms with E-state index in [1.54, 1.807) is 0 Å². The van der Waals surface area contributed by atoms with Crippen LogP contribution in [0.1, 0.15) is 40.7 Å². The Kier molecular flexibility index (Phi) is 2.60. The number of Topliss-reactive ketones (excluding diaryl/α,β-unsaturated/α-hetero) is 1. The van der Waals surface area contributed by atoms with Crippen molar-refractivity contribution in [3.8, 4) is 0 Å². The topological polar surface area (TPSA) is 17.1 Å². The number of benzene rings is 1. The lowest BCUT2D eigenvalue weighted by molar-refractivity contribution is 0.0982. The molecule has 0 aromatic heterocycles. The van der Waals surface area contributed by atoms with Gasteiger partial charge < -0.3 is 0 Å². The van der Waals surface area contributed by atoms with Crippen LogP contribution in [-0.4, -0.2) is 5.78 Å². The molecular formula is C12H13ClO. The summed E-state index contributed by atoms with van der Waals surface area (Å²) in [5.41, 5.74) is 3.21. The minimum atomic E-state index is 0.253. The molecule has 0 saturated carbocycles. The van der Waals surface area contributed by atoms with Crippen molar-refractivity contribution in [3.63, 3.8) is 0 Å². The van der Waals surface area contributed by atoms with Crippen LogP contribution in [0.15, 0.2) is 12.1 Å². The quantitative estimate of drug-likeness (QED) is 0.596. The van der Waals surface area contributed by atoms with Gasteiger partial charge in [-0.25, -0.2) is 0 Å². The SMILES string of the molecule is Cc1cc(Cl)cc2c1CCCCC2=O. The molecule has 74 valence electrons. The highest BCUT2D eigenvalue weighted by Gasteiger charge is 2.17. The standard InChI is InChI=1S/C12H13ClO/c1-8-6-9(13)7-11-10(8)4-2-3-5-12(11)14/h6-7H,2-5H2,1H3. The Hall–Kier alpha value is -0.820. The van der Waals surface area contributed by atoms with Crippen molar-refractivity contribution in [1.82, 2.24) is 0 Å². The number of halogens is 1. The van der Waals surface area contributed by atoms with Gasteiger partial charge in [0, 0.05) is 17.0 Å². The Morgan fingerprint density at radius 3 is 2.71 bits per heavy atom. The Morgan fingerprint density at radius 1 is 1.21 bits per heavy atom. The molecule has 0 fully saturated rings. The highest BCUT2D eigenvalue weighted by atomic mass is 35.5. The molecule has 0 saturated heterocycles. The van der Waals surface area contributed by atoms with Crippen molar-refractivity contribution in [2.45, 2.75) is 32.6 Å². The molecule has 1 aliphatic rings. The summed E-state index contributed by atoms with van der Waals surface area (Å²) in [6.45, 7) is 2.03. The van der Waals surface area contributed by atoms with E-state index in [4.69, 9.17) is 11.6 Å². The maximum Gasteiger partial charge on any atom is 0.163 e. The average molecular weight is 209 g/mol. The predicted molar refractivity (Wildman–Crippen MR) is 58.1 cm³/mol. The monoisotopic (exact) mass is 208 g/mol. The first-order valence-electron chi connectivity index (χ1n) is 5.00. The lowest BCUT2D eigenvalue weighted by atomic mass is 9.97. The van der Waals surface area contributed by atoms with Crippen LogP contribution in [-0.2, 0) is 6.42 Å². The van der Waals surface area contributed by atoms with Crippen LogP contribution in [0.5, 0.6) is 0 Å². The number of hydrogen-bond acceptors (Lipinski definition) is 1. The van der Waals surface area contributed by atoms with Crippen LogP contribution in [0, 0.1) is 6.92 Å². The van der Waals surface area contributed by atoms with Gasteiger partial charge in [-0.15, -0.1) is 0 Å². The fraction of sp³-hybridized carbons (Fsp3) is 0.417. The molecule has 0 unspecified atom stereocenters. The zero-order valence-corrected chi connectivity index (χ0v) is 9.03. The molecule has 0 radical (unpaired) electrons. The molecule has 14 heavy (non-hydrogen) atoms. The van der Waals surface area contributed by atoms with E-state index in [1.807, 2.05) is 19.1 Å². The predicted octanol–water partition coefficient (Wildman–Crippen LogP) is 3.56. The van der Waals surface area contributed by atoms with Gasteiger partial charge in [0.1, 0.15) is 0 Å². The molecule has 2 rings (SSSR count). The smallest absolute Gasteiger partial charge is 0.163 e. The van der Waals surface area contributed by atoms with Crippen LogP contribution in [0.25, 0.3) is 0 Å². The number of ketones is 1. The normalized spacial score (nSPS) is 16.3. The van der Waals surface area contributed by atoms with Crippen molar-refractivity contribution >= 4 is 17.4 Å². The number of fused-ring (bicyclic) bond motifs is 1. The minimum absolute atomic E-state index is 0.253. The third kappa shape index (κ3) is 1.69. The molecule has 1 nitrogen and oxygen atoms in total. The summed E-state index contributed by atoms with van der Waals surface area (Å²) in [6, 6.07) is 3.76. The van der Waals surface area contributed by atoms with Crippen LogP contribution in [0.3, 0.4) is 0 Å². The molecule has 0 spiro atoms. The lowest BCUT2D eigenvalue weighted by Crippen LogP contribution is -2.01. The molecule has 0 bridgehead atoms. The molecular weight excluding hydrogens is 196 g/mol. The first-order valence-corrected chi connectivity index (χ1v) is 5.38. The fourth-order valence-electron chi connectivity index (χ4n) is 2.08. The highest BCUT2D eigenvalue weighted by molar-refractivity contribution is 6.31. The number of hydrogen-bond donors (Lipinski definition) is 0. The summed E-state index contributed by atoms with van der Waals surface area (Å²) in [6.07, 6.45) is 3.81. The van der Waals surface area contributed by atoms with Crippen LogP contribution < -0.4 is 0 Å². The van der Waals surface area contributed by atoms with Gasteiger partial charge >= 0.3 is 0 Å². The first-order chi connectivity index (χ1) is 6.68.